The van der Waals surface area contributed by atoms with E-state index in [0.29, 0.717) is 6.54 Å². The van der Waals surface area contributed by atoms with E-state index < -0.39 is 5.97 Å². The molecular formula is C12H15N3O3. The number of aliphatic carboxylic acids is 1. The van der Waals surface area contributed by atoms with Gasteiger partial charge in [0.25, 0.3) is 0 Å². The Morgan fingerprint density at radius 1 is 1.39 bits per heavy atom. The van der Waals surface area contributed by atoms with Crippen molar-refractivity contribution in [1.29, 1.82) is 0 Å². The highest BCUT2D eigenvalue weighted by atomic mass is 16.4. The van der Waals surface area contributed by atoms with Gasteiger partial charge in [0.15, 0.2) is 0 Å². The predicted molar refractivity (Wildman–Crippen MR) is 63.8 cm³/mol. The fraction of sp³-hybridized carbons (Fsp3) is 0.417. The molecule has 0 radical (unpaired) electrons. The minimum atomic E-state index is -0.985. The zero-order valence-electron chi connectivity index (χ0n) is 9.87. The third-order valence-electron chi connectivity index (χ3n) is 2.75. The lowest BCUT2D eigenvalue weighted by molar-refractivity contribution is -0.137. The quantitative estimate of drug-likeness (QED) is 0.810. The topological polar surface area (TPSA) is 82.5 Å². The first-order valence-corrected chi connectivity index (χ1v) is 5.82. The van der Waals surface area contributed by atoms with E-state index in [1.54, 1.807) is 24.5 Å². The number of pyridine rings is 1. The van der Waals surface area contributed by atoms with Gasteiger partial charge in [0.2, 0.25) is 0 Å². The van der Waals surface area contributed by atoms with E-state index in [1.807, 2.05) is 0 Å². The highest BCUT2D eigenvalue weighted by Crippen LogP contribution is 2.26. The Hall–Kier alpha value is -2.11. The molecule has 18 heavy (non-hydrogen) atoms. The maximum Gasteiger partial charge on any atom is 0.323 e. The van der Waals surface area contributed by atoms with Crippen molar-refractivity contribution in [3.8, 4) is 0 Å². The number of hydrogen-bond donors (Lipinski definition) is 2. The van der Waals surface area contributed by atoms with Crippen molar-refractivity contribution in [2.24, 2.45) is 0 Å². The van der Waals surface area contributed by atoms with Crippen molar-refractivity contribution in [1.82, 2.24) is 15.2 Å². The summed E-state index contributed by atoms with van der Waals surface area (Å²) >= 11 is 0. The Morgan fingerprint density at radius 2 is 2.06 bits per heavy atom. The normalized spacial score (nSPS) is 14.0. The van der Waals surface area contributed by atoms with Gasteiger partial charge < -0.3 is 15.3 Å². The van der Waals surface area contributed by atoms with Gasteiger partial charge in [0.05, 0.1) is 0 Å². The summed E-state index contributed by atoms with van der Waals surface area (Å²) in [6, 6.07) is 3.37. The van der Waals surface area contributed by atoms with E-state index in [2.05, 4.69) is 10.3 Å². The molecule has 0 bridgehead atoms. The maximum absolute atomic E-state index is 11.9. The van der Waals surface area contributed by atoms with Crippen LogP contribution in [-0.4, -0.2) is 39.6 Å². The molecule has 2 rings (SSSR count). The third kappa shape index (κ3) is 3.44. The van der Waals surface area contributed by atoms with E-state index in [4.69, 9.17) is 5.11 Å². The van der Waals surface area contributed by atoms with Crippen LogP contribution in [-0.2, 0) is 11.3 Å². The summed E-state index contributed by atoms with van der Waals surface area (Å²) in [5, 5.41) is 11.5. The van der Waals surface area contributed by atoms with Crippen LogP contribution in [0.15, 0.2) is 24.5 Å². The lowest BCUT2D eigenvalue weighted by Crippen LogP contribution is -2.43. The predicted octanol–water partition coefficient (Wildman–Crippen LogP) is 0.840. The van der Waals surface area contributed by atoms with Gasteiger partial charge >= 0.3 is 12.0 Å². The number of nitrogens with one attached hydrogen (secondary N) is 1. The number of carbonyl (C=O) groups excluding carboxylic acids is 1. The van der Waals surface area contributed by atoms with Gasteiger partial charge in [-0.1, -0.05) is 0 Å². The molecule has 1 heterocycles. The molecule has 0 aromatic carbocycles. The lowest BCUT2D eigenvalue weighted by atomic mass is 10.3. The summed E-state index contributed by atoms with van der Waals surface area (Å²) in [6.45, 7) is 0.136. The van der Waals surface area contributed by atoms with Gasteiger partial charge in [-0.05, 0) is 30.5 Å². The maximum atomic E-state index is 11.9. The monoisotopic (exact) mass is 249 g/mol. The standard InChI is InChI=1S/C12H15N3O3/c16-11(17)8-15(10-1-2-10)12(18)14-7-9-3-5-13-6-4-9/h3-6,10H,1-2,7-8H2,(H,14,18)(H,16,17). The van der Waals surface area contributed by atoms with Crippen molar-refractivity contribution < 1.29 is 14.7 Å². The first-order valence-electron chi connectivity index (χ1n) is 5.82. The van der Waals surface area contributed by atoms with E-state index in [0.717, 1.165) is 18.4 Å². The largest absolute Gasteiger partial charge is 0.480 e. The van der Waals surface area contributed by atoms with Crippen LogP contribution >= 0.6 is 0 Å². The average Bonchev–Trinajstić information content (AvgIpc) is 3.18. The molecule has 1 saturated carbocycles. The molecule has 2 N–H and O–H groups in total. The average molecular weight is 249 g/mol. The number of carboxylic acids is 1. The summed E-state index contributed by atoms with van der Waals surface area (Å²) in [6.07, 6.45) is 5.07. The fourth-order valence-electron chi connectivity index (χ4n) is 1.68. The fourth-order valence-corrected chi connectivity index (χ4v) is 1.68. The number of carbonyl (C=O) groups is 2. The summed E-state index contributed by atoms with van der Waals surface area (Å²) in [5.41, 5.74) is 0.935. The van der Waals surface area contributed by atoms with E-state index >= 15 is 0 Å². The molecule has 1 aliphatic rings. The number of aromatic nitrogens is 1. The molecule has 0 unspecified atom stereocenters. The van der Waals surface area contributed by atoms with Crippen molar-refractivity contribution >= 4 is 12.0 Å². The molecule has 0 aliphatic heterocycles. The van der Waals surface area contributed by atoms with Gasteiger partial charge in [0.1, 0.15) is 6.54 Å². The molecule has 6 heteroatoms. The highest BCUT2D eigenvalue weighted by molar-refractivity contribution is 5.80. The molecule has 1 aromatic rings. The van der Waals surface area contributed by atoms with Crippen molar-refractivity contribution in [3.05, 3.63) is 30.1 Å². The zero-order valence-corrected chi connectivity index (χ0v) is 9.87. The van der Waals surface area contributed by atoms with Crippen LogP contribution in [0.3, 0.4) is 0 Å². The van der Waals surface area contributed by atoms with E-state index in [1.165, 1.54) is 4.90 Å². The van der Waals surface area contributed by atoms with Gasteiger partial charge in [-0.25, -0.2) is 4.79 Å². The Bertz CT molecular complexity index is 431. The van der Waals surface area contributed by atoms with Crippen LogP contribution in [0.5, 0.6) is 0 Å². The molecule has 0 spiro atoms. The van der Waals surface area contributed by atoms with Gasteiger partial charge in [-0.15, -0.1) is 0 Å². The van der Waals surface area contributed by atoms with Crippen LogP contribution in [0.25, 0.3) is 0 Å². The SMILES string of the molecule is O=C(O)CN(C(=O)NCc1ccncc1)C1CC1. The molecule has 96 valence electrons. The van der Waals surface area contributed by atoms with Crippen molar-refractivity contribution in [2.75, 3.05) is 6.54 Å². The highest BCUT2D eigenvalue weighted by Gasteiger charge is 2.33. The van der Waals surface area contributed by atoms with E-state index in [9.17, 15) is 9.59 Å². The smallest absolute Gasteiger partial charge is 0.323 e. The summed E-state index contributed by atoms with van der Waals surface area (Å²) in [4.78, 5) is 27.8. The van der Waals surface area contributed by atoms with Gasteiger partial charge in [-0.2, -0.15) is 0 Å². The van der Waals surface area contributed by atoms with Crippen LogP contribution in [0, 0.1) is 0 Å². The number of nitrogens with zero attached hydrogens (tertiary/aromatic N) is 2. The second kappa shape index (κ2) is 5.48. The van der Waals surface area contributed by atoms with Crippen LogP contribution in [0.4, 0.5) is 4.79 Å². The third-order valence-corrected chi connectivity index (χ3v) is 2.75. The molecule has 6 nitrogen and oxygen atoms in total. The Morgan fingerprint density at radius 3 is 2.61 bits per heavy atom. The Kier molecular flexibility index (Phi) is 3.76. The summed E-state index contributed by atoms with van der Waals surface area (Å²) in [5.74, 6) is -0.985. The summed E-state index contributed by atoms with van der Waals surface area (Å²) < 4.78 is 0. The second-order valence-corrected chi connectivity index (χ2v) is 4.27. The van der Waals surface area contributed by atoms with Crippen molar-refractivity contribution in [2.45, 2.75) is 25.4 Å². The molecule has 0 saturated heterocycles. The second-order valence-electron chi connectivity index (χ2n) is 4.27. The van der Waals surface area contributed by atoms with Crippen molar-refractivity contribution in [3.63, 3.8) is 0 Å². The van der Waals surface area contributed by atoms with Crippen LogP contribution < -0.4 is 5.32 Å². The number of hydrogen-bond acceptors (Lipinski definition) is 3. The molecule has 1 aliphatic carbocycles. The minimum absolute atomic E-state index is 0.0820. The minimum Gasteiger partial charge on any atom is -0.480 e. The molecule has 2 amide bonds. The van der Waals surface area contributed by atoms with Gasteiger partial charge in [0, 0.05) is 25.0 Å². The Labute approximate surface area is 105 Å². The van der Waals surface area contributed by atoms with Crippen LogP contribution in [0.1, 0.15) is 18.4 Å². The zero-order chi connectivity index (χ0) is 13.0. The molecule has 1 fully saturated rings. The number of carboxylic acid groups (broad SMARTS) is 1. The molecule has 1 aromatic heterocycles. The number of amides is 2. The van der Waals surface area contributed by atoms with E-state index in [-0.39, 0.29) is 18.6 Å². The number of urea groups is 1. The lowest BCUT2D eigenvalue weighted by Gasteiger charge is -2.20. The van der Waals surface area contributed by atoms with Crippen LogP contribution in [0.2, 0.25) is 0 Å². The molecule has 0 atom stereocenters. The summed E-state index contributed by atoms with van der Waals surface area (Å²) in [7, 11) is 0. The molecular weight excluding hydrogens is 234 g/mol. The Balaban J connectivity index is 1.87. The first-order chi connectivity index (χ1) is 8.66. The first kappa shape index (κ1) is 12.3. The number of rotatable bonds is 5. The van der Waals surface area contributed by atoms with Gasteiger partial charge in [-0.3, -0.25) is 9.78 Å².